The minimum Gasteiger partial charge on any atom is -0.326 e. The third-order valence-electron chi connectivity index (χ3n) is 8.62. The van der Waals surface area contributed by atoms with Crippen molar-refractivity contribution in [2.45, 2.75) is 0 Å². The molecule has 9 rings (SSSR count). The van der Waals surface area contributed by atoms with Crippen LogP contribution in [0.4, 0.5) is 0 Å². The summed E-state index contributed by atoms with van der Waals surface area (Å²) in [6, 6.07) is 40.8. The van der Waals surface area contributed by atoms with E-state index in [0.29, 0.717) is 0 Å². The number of aryl methyl sites for hydroxylation is 1. The van der Waals surface area contributed by atoms with Crippen molar-refractivity contribution in [2.24, 2.45) is 7.05 Å². The number of nitrogens with zero attached hydrogens (tertiary/aromatic N) is 4. The van der Waals surface area contributed by atoms with Crippen LogP contribution >= 0.6 is 0 Å². The molecule has 0 aliphatic carbocycles. The van der Waals surface area contributed by atoms with Crippen molar-refractivity contribution in [3.05, 3.63) is 128 Å². The number of hydrogen-bond donors (Lipinski definition) is 0. The number of rotatable bonds is 2. The van der Waals surface area contributed by atoms with E-state index in [-0.39, 0.29) is 0 Å². The number of hydrogen-bond acceptors (Lipinski definition) is 3. The monoisotopic (exact) mass is 536 g/mol. The average Bonchev–Trinajstić information content (AvgIpc) is 3.40. The zero-order valence-corrected chi connectivity index (χ0v) is 22.9. The summed E-state index contributed by atoms with van der Waals surface area (Å²) in [6.07, 6.45) is 3.83. The fourth-order valence-corrected chi connectivity index (χ4v) is 6.72. The standard InChI is InChI=1S/C38H24N4/c1-42-37-32-21-26(28-17-8-13-23-10-2-5-14-27(23)28)22-40-35(32)34-31(18-9-19-39-34)36(37)41-38(42)33-29-15-6-3-11-24(29)20-25-12-4-7-16-30(25)33/h2-22H,1H3. The van der Waals surface area contributed by atoms with Gasteiger partial charge in [0.05, 0.1) is 22.1 Å². The van der Waals surface area contributed by atoms with E-state index in [0.717, 1.165) is 49.8 Å². The molecule has 0 saturated carbocycles. The van der Waals surface area contributed by atoms with E-state index in [1.54, 1.807) is 0 Å². The molecule has 0 amide bonds. The molecule has 42 heavy (non-hydrogen) atoms. The summed E-state index contributed by atoms with van der Waals surface area (Å²) in [4.78, 5) is 15.3. The van der Waals surface area contributed by atoms with Gasteiger partial charge < -0.3 is 4.57 Å². The topological polar surface area (TPSA) is 43.6 Å². The normalized spacial score (nSPS) is 11.9. The Balaban J connectivity index is 1.44. The first kappa shape index (κ1) is 23.1. The van der Waals surface area contributed by atoms with E-state index in [1.807, 2.05) is 18.5 Å². The van der Waals surface area contributed by atoms with Crippen LogP contribution in [0.5, 0.6) is 0 Å². The molecule has 0 unspecified atom stereocenters. The van der Waals surface area contributed by atoms with Gasteiger partial charge in [-0.05, 0) is 62.1 Å². The first-order valence-electron chi connectivity index (χ1n) is 14.2. The fourth-order valence-electron chi connectivity index (χ4n) is 6.72. The van der Waals surface area contributed by atoms with Crippen LogP contribution < -0.4 is 0 Å². The molecule has 3 aromatic heterocycles. The molecule has 0 bridgehead atoms. The Bertz CT molecular complexity index is 2480. The molecule has 3 heterocycles. The Morgan fingerprint density at radius 1 is 0.524 bits per heavy atom. The summed E-state index contributed by atoms with van der Waals surface area (Å²) in [5.74, 6) is 0.936. The van der Waals surface area contributed by atoms with Crippen LogP contribution in [0.25, 0.3) is 87.7 Å². The molecule has 9 aromatic rings. The second-order valence-electron chi connectivity index (χ2n) is 10.9. The molecule has 0 spiro atoms. The summed E-state index contributed by atoms with van der Waals surface area (Å²) >= 11 is 0. The van der Waals surface area contributed by atoms with Crippen molar-refractivity contribution < 1.29 is 0 Å². The maximum atomic E-state index is 5.41. The summed E-state index contributed by atoms with van der Waals surface area (Å²) in [5, 5.41) is 9.27. The largest absolute Gasteiger partial charge is 0.326 e. The van der Waals surface area contributed by atoms with Crippen LogP contribution in [0, 0.1) is 0 Å². The van der Waals surface area contributed by atoms with Gasteiger partial charge in [-0.15, -0.1) is 0 Å². The third-order valence-corrected chi connectivity index (χ3v) is 8.62. The molecular weight excluding hydrogens is 512 g/mol. The zero-order chi connectivity index (χ0) is 27.8. The molecule has 0 atom stereocenters. The molecule has 0 aliphatic rings. The van der Waals surface area contributed by atoms with E-state index >= 15 is 0 Å². The van der Waals surface area contributed by atoms with Crippen molar-refractivity contribution in [1.82, 2.24) is 19.5 Å². The Kier molecular flexibility index (Phi) is 4.79. The molecule has 196 valence electrons. The molecule has 0 radical (unpaired) electrons. The smallest absolute Gasteiger partial charge is 0.142 e. The van der Waals surface area contributed by atoms with Gasteiger partial charge in [0.25, 0.3) is 0 Å². The van der Waals surface area contributed by atoms with E-state index < -0.39 is 0 Å². The lowest BCUT2D eigenvalue weighted by atomic mass is 9.96. The molecule has 0 N–H and O–H groups in total. The average molecular weight is 537 g/mol. The van der Waals surface area contributed by atoms with Gasteiger partial charge >= 0.3 is 0 Å². The van der Waals surface area contributed by atoms with E-state index in [4.69, 9.17) is 15.0 Å². The summed E-state index contributed by atoms with van der Waals surface area (Å²) in [6.45, 7) is 0. The minimum absolute atomic E-state index is 0.872. The Morgan fingerprint density at radius 3 is 1.95 bits per heavy atom. The second-order valence-corrected chi connectivity index (χ2v) is 10.9. The lowest BCUT2D eigenvalue weighted by molar-refractivity contribution is 0.965. The molecular formula is C38H24N4. The van der Waals surface area contributed by atoms with Gasteiger partial charge in [0.1, 0.15) is 5.82 Å². The number of aromatic nitrogens is 4. The van der Waals surface area contributed by atoms with Crippen molar-refractivity contribution in [1.29, 1.82) is 0 Å². The van der Waals surface area contributed by atoms with Crippen LogP contribution in [0.1, 0.15) is 0 Å². The quantitative estimate of drug-likeness (QED) is 0.163. The molecule has 0 fully saturated rings. The predicted octanol–water partition coefficient (Wildman–Crippen LogP) is 9.46. The molecule has 0 saturated heterocycles. The fraction of sp³-hybridized carbons (Fsp3) is 0.0263. The van der Waals surface area contributed by atoms with Crippen molar-refractivity contribution in [3.8, 4) is 22.5 Å². The Morgan fingerprint density at radius 2 is 1.17 bits per heavy atom. The highest BCUT2D eigenvalue weighted by Gasteiger charge is 2.21. The van der Waals surface area contributed by atoms with Gasteiger partial charge in [-0.1, -0.05) is 91.0 Å². The van der Waals surface area contributed by atoms with Gasteiger partial charge in [-0.25, -0.2) is 4.98 Å². The summed E-state index contributed by atoms with van der Waals surface area (Å²) < 4.78 is 2.26. The molecule has 6 aromatic carbocycles. The predicted molar refractivity (Wildman–Crippen MR) is 175 cm³/mol. The van der Waals surface area contributed by atoms with Gasteiger partial charge in [0, 0.05) is 41.3 Å². The molecule has 4 heteroatoms. The van der Waals surface area contributed by atoms with Gasteiger partial charge in [-0.2, -0.15) is 0 Å². The number of imidazole rings is 1. The van der Waals surface area contributed by atoms with Crippen LogP contribution in [0.3, 0.4) is 0 Å². The first-order valence-corrected chi connectivity index (χ1v) is 14.2. The van der Waals surface area contributed by atoms with Gasteiger partial charge in [0.15, 0.2) is 0 Å². The van der Waals surface area contributed by atoms with Crippen LogP contribution in [0.15, 0.2) is 128 Å². The van der Waals surface area contributed by atoms with Crippen LogP contribution in [-0.4, -0.2) is 19.5 Å². The Hall–Kier alpha value is -5.61. The first-order chi connectivity index (χ1) is 20.8. The van der Waals surface area contributed by atoms with Crippen LogP contribution in [0.2, 0.25) is 0 Å². The van der Waals surface area contributed by atoms with Gasteiger partial charge in [0.2, 0.25) is 0 Å². The number of benzene rings is 6. The van der Waals surface area contributed by atoms with Crippen LogP contribution in [-0.2, 0) is 7.05 Å². The highest BCUT2D eigenvalue weighted by atomic mass is 15.1. The van der Waals surface area contributed by atoms with Crippen molar-refractivity contribution in [3.63, 3.8) is 0 Å². The highest BCUT2D eigenvalue weighted by molar-refractivity contribution is 6.23. The SMILES string of the molecule is Cn1c(-c2c3ccccc3cc3ccccc23)nc2c3cccnc3c3ncc(-c4cccc5ccccc45)cc3c21. The van der Waals surface area contributed by atoms with E-state index in [9.17, 15) is 0 Å². The summed E-state index contributed by atoms with van der Waals surface area (Å²) in [5.41, 5.74) is 7.15. The lowest BCUT2D eigenvalue weighted by Gasteiger charge is -2.12. The van der Waals surface area contributed by atoms with E-state index in [2.05, 4.69) is 121 Å². The highest BCUT2D eigenvalue weighted by Crippen LogP contribution is 2.41. The van der Waals surface area contributed by atoms with E-state index in [1.165, 1.54) is 37.9 Å². The maximum Gasteiger partial charge on any atom is 0.142 e. The van der Waals surface area contributed by atoms with Crippen molar-refractivity contribution in [2.75, 3.05) is 0 Å². The second kappa shape index (κ2) is 8.69. The maximum absolute atomic E-state index is 5.41. The van der Waals surface area contributed by atoms with Crippen molar-refractivity contribution >= 4 is 65.2 Å². The molecule has 0 aliphatic heterocycles. The third kappa shape index (κ3) is 3.20. The zero-order valence-electron chi connectivity index (χ0n) is 22.9. The van der Waals surface area contributed by atoms with Gasteiger partial charge in [-0.3, -0.25) is 9.97 Å². The lowest BCUT2D eigenvalue weighted by Crippen LogP contribution is -1.96. The Labute approximate surface area is 241 Å². The molecule has 4 nitrogen and oxygen atoms in total. The summed E-state index contributed by atoms with van der Waals surface area (Å²) in [7, 11) is 2.13. The minimum atomic E-state index is 0.872. The number of pyridine rings is 2. The number of fused-ring (bicyclic) bond motifs is 9.